The predicted molar refractivity (Wildman–Crippen MR) is 74.9 cm³/mol. The van der Waals surface area contributed by atoms with Gasteiger partial charge in [0.2, 0.25) is 0 Å². The molecule has 1 saturated carbocycles. The Labute approximate surface area is 118 Å². The van der Waals surface area contributed by atoms with E-state index in [4.69, 9.17) is 0 Å². The SMILES string of the molecule is Cn1ncnc1CC(CNC1CC1)c1cccc(F)c1. The van der Waals surface area contributed by atoms with Crippen molar-refractivity contribution in [2.45, 2.75) is 31.2 Å². The number of halogens is 1. The maximum absolute atomic E-state index is 13.4. The minimum atomic E-state index is -0.183. The highest BCUT2D eigenvalue weighted by Crippen LogP contribution is 2.24. The molecule has 0 radical (unpaired) electrons. The monoisotopic (exact) mass is 274 g/mol. The van der Waals surface area contributed by atoms with Crippen molar-refractivity contribution in [3.05, 3.63) is 47.8 Å². The summed E-state index contributed by atoms with van der Waals surface area (Å²) in [5.74, 6) is 0.961. The fraction of sp³-hybridized carbons (Fsp3) is 0.467. The van der Waals surface area contributed by atoms with Crippen LogP contribution in [0.1, 0.15) is 30.1 Å². The van der Waals surface area contributed by atoms with Crippen LogP contribution in [0.15, 0.2) is 30.6 Å². The maximum atomic E-state index is 13.4. The Hall–Kier alpha value is -1.75. The summed E-state index contributed by atoms with van der Waals surface area (Å²) in [5, 5.41) is 7.63. The maximum Gasteiger partial charge on any atom is 0.138 e. The van der Waals surface area contributed by atoms with E-state index in [-0.39, 0.29) is 11.7 Å². The number of rotatable bonds is 6. The van der Waals surface area contributed by atoms with Gasteiger partial charge in [-0.2, -0.15) is 5.10 Å². The van der Waals surface area contributed by atoms with Gasteiger partial charge in [-0.3, -0.25) is 4.68 Å². The van der Waals surface area contributed by atoms with E-state index in [0.717, 1.165) is 24.4 Å². The van der Waals surface area contributed by atoms with Gasteiger partial charge in [-0.15, -0.1) is 0 Å². The fourth-order valence-electron chi connectivity index (χ4n) is 2.39. The Bertz CT molecular complexity index is 577. The quantitative estimate of drug-likeness (QED) is 0.876. The molecule has 1 unspecified atom stereocenters. The van der Waals surface area contributed by atoms with Crippen molar-refractivity contribution in [3.63, 3.8) is 0 Å². The Morgan fingerprint density at radius 1 is 1.45 bits per heavy atom. The summed E-state index contributed by atoms with van der Waals surface area (Å²) < 4.78 is 15.2. The zero-order chi connectivity index (χ0) is 13.9. The largest absolute Gasteiger partial charge is 0.313 e. The third-order valence-corrected chi connectivity index (χ3v) is 3.78. The summed E-state index contributed by atoms with van der Waals surface area (Å²) in [7, 11) is 1.89. The average molecular weight is 274 g/mol. The van der Waals surface area contributed by atoms with Crippen LogP contribution in [0.5, 0.6) is 0 Å². The molecule has 5 heteroatoms. The highest BCUT2D eigenvalue weighted by molar-refractivity contribution is 5.22. The van der Waals surface area contributed by atoms with Crippen LogP contribution in [0.2, 0.25) is 0 Å². The smallest absolute Gasteiger partial charge is 0.138 e. The van der Waals surface area contributed by atoms with Gasteiger partial charge in [-0.05, 0) is 30.5 Å². The van der Waals surface area contributed by atoms with Gasteiger partial charge in [0.05, 0.1) is 0 Å². The summed E-state index contributed by atoms with van der Waals surface area (Å²) in [6, 6.07) is 7.50. The second-order valence-electron chi connectivity index (χ2n) is 5.44. The summed E-state index contributed by atoms with van der Waals surface area (Å²) >= 11 is 0. The topological polar surface area (TPSA) is 42.7 Å². The van der Waals surface area contributed by atoms with Crippen molar-refractivity contribution >= 4 is 0 Å². The lowest BCUT2D eigenvalue weighted by atomic mass is 9.95. The second kappa shape index (κ2) is 5.71. The Morgan fingerprint density at radius 3 is 2.95 bits per heavy atom. The lowest BCUT2D eigenvalue weighted by Gasteiger charge is -2.18. The number of hydrogen-bond acceptors (Lipinski definition) is 3. The molecule has 1 atom stereocenters. The first-order valence-corrected chi connectivity index (χ1v) is 7.04. The lowest BCUT2D eigenvalue weighted by Crippen LogP contribution is -2.25. The van der Waals surface area contributed by atoms with Crippen LogP contribution in [0.3, 0.4) is 0 Å². The molecule has 0 amide bonds. The molecular formula is C15H19FN4. The van der Waals surface area contributed by atoms with Crippen LogP contribution in [-0.4, -0.2) is 27.4 Å². The van der Waals surface area contributed by atoms with Crippen LogP contribution in [0, 0.1) is 5.82 Å². The molecule has 1 aromatic carbocycles. The van der Waals surface area contributed by atoms with Gasteiger partial charge in [0.25, 0.3) is 0 Å². The molecule has 3 rings (SSSR count). The number of nitrogens with zero attached hydrogens (tertiary/aromatic N) is 3. The lowest BCUT2D eigenvalue weighted by molar-refractivity contribution is 0.546. The summed E-state index contributed by atoms with van der Waals surface area (Å²) in [4.78, 5) is 4.28. The molecule has 1 aliphatic rings. The number of hydrogen-bond donors (Lipinski definition) is 1. The van der Waals surface area contributed by atoms with Crippen molar-refractivity contribution in [1.29, 1.82) is 0 Å². The standard InChI is InChI=1S/C15H19FN4/c1-20-15(18-10-19-20)8-12(9-17-14-5-6-14)11-3-2-4-13(16)7-11/h2-4,7,10,12,14,17H,5-6,8-9H2,1H3. The van der Waals surface area contributed by atoms with Crippen LogP contribution in [-0.2, 0) is 13.5 Å². The van der Waals surface area contributed by atoms with Gasteiger partial charge in [0.15, 0.2) is 0 Å². The van der Waals surface area contributed by atoms with Crippen LogP contribution in [0.25, 0.3) is 0 Å². The fourth-order valence-corrected chi connectivity index (χ4v) is 2.39. The first-order valence-electron chi connectivity index (χ1n) is 7.04. The van der Waals surface area contributed by atoms with Crippen molar-refractivity contribution in [3.8, 4) is 0 Å². The van der Waals surface area contributed by atoms with E-state index in [1.807, 2.05) is 13.1 Å². The first-order chi connectivity index (χ1) is 9.72. The normalized spacial score (nSPS) is 16.3. The molecule has 0 spiro atoms. The van der Waals surface area contributed by atoms with Gasteiger partial charge in [0, 0.05) is 32.0 Å². The molecule has 106 valence electrons. The molecule has 1 aliphatic carbocycles. The number of nitrogens with one attached hydrogen (secondary N) is 1. The van der Waals surface area contributed by atoms with Crippen molar-refractivity contribution in [2.24, 2.45) is 7.05 Å². The second-order valence-corrected chi connectivity index (χ2v) is 5.44. The van der Waals surface area contributed by atoms with E-state index >= 15 is 0 Å². The van der Waals surface area contributed by atoms with E-state index in [1.165, 1.54) is 18.9 Å². The molecule has 20 heavy (non-hydrogen) atoms. The van der Waals surface area contributed by atoms with Crippen molar-refractivity contribution in [1.82, 2.24) is 20.1 Å². The van der Waals surface area contributed by atoms with E-state index in [0.29, 0.717) is 6.04 Å². The van der Waals surface area contributed by atoms with Gasteiger partial charge in [-0.25, -0.2) is 9.37 Å². The van der Waals surface area contributed by atoms with Gasteiger partial charge < -0.3 is 5.32 Å². The van der Waals surface area contributed by atoms with Gasteiger partial charge in [0.1, 0.15) is 18.0 Å². The van der Waals surface area contributed by atoms with Crippen LogP contribution in [0.4, 0.5) is 4.39 Å². The van der Waals surface area contributed by atoms with E-state index in [9.17, 15) is 4.39 Å². The van der Waals surface area contributed by atoms with E-state index in [1.54, 1.807) is 23.1 Å². The molecule has 1 N–H and O–H groups in total. The molecule has 4 nitrogen and oxygen atoms in total. The number of aromatic nitrogens is 3. The molecule has 0 aliphatic heterocycles. The summed E-state index contributed by atoms with van der Waals surface area (Å²) in [5.41, 5.74) is 1.01. The Kier molecular flexibility index (Phi) is 3.78. The highest BCUT2D eigenvalue weighted by atomic mass is 19.1. The Balaban J connectivity index is 1.77. The van der Waals surface area contributed by atoms with Crippen molar-refractivity contribution < 1.29 is 4.39 Å². The minimum absolute atomic E-state index is 0.183. The molecule has 0 saturated heterocycles. The van der Waals surface area contributed by atoms with Crippen molar-refractivity contribution in [2.75, 3.05) is 6.54 Å². The van der Waals surface area contributed by atoms with E-state index in [2.05, 4.69) is 15.4 Å². The first kappa shape index (κ1) is 13.2. The third kappa shape index (κ3) is 3.22. The molecule has 1 heterocycles. The molecule has 0 bridgehead atoms. The van der Waals surface area contributed by atoms with Gasteiger partial charge >= 0.3 is 0 Å². The van der Waals surface area contributed by atoms with E-state index < -0.39 is 0 Å². The third-order valence-electron chi connectivity index (χ3n) is 3.78. The summed E-state index contributed by atoms with van der Waals surface area (Å²) in [6.45, 7) is 0.848. The highest BCUT2D eigenvalue weighted by Gasteiger charge is 2.23. The number of aryl methyl sites for hydroxylation is 1. The van der Waals surface area contributed by atoms with Gasteiger partial charge in [-0.1, -0.05) is 12.1 Å². The molecular weight excluding hydrogens is 255 g/mol. The predicted octanol–water partition coefficient (Wildman–Crippen LogP) is 2.03. The zero-order valence-corrected chi connectivity index (χ0v) is 11.6. The summed E-state index contributed by atoms with van der Waals surface area (Å²) in [6.07, 6.45) is 4.83. The number of benzene rings is 1. The minimum Gasteiger partial charge on any atom is -0.313 e. The Morgan fingerprint density at radius 2 is 2.30 bits per heavy atom. The zero-order valence-electron chi connectivity index (χ0n) is 11.6. The molecule has 2 aromatic rings. The van der Waals surface area contributed by atoms with Crippen LogP contribution < -0.4 is 5.32 Å². The average Bonchev–Trinajstić information content (AvgIpc) is 3.18. The van der Waals surface area contributed by atoms with Crippen LogP contribution >= 0.6 is 0 Å². The molecule has 1 fully saturated rings. The molecule has 1 aromatic heterocycles.